The fourth-order valence-electron chi connectivity index (χ4n) is 3.07. The summed E-state index contributed by atoms with van der Waals surface area (Å²) < 4.78 is 0. The molecular formula is C15H23N3OS. The van der Waals surface area contributed by atoms with Crippen LogP contribution in [-0.2, 0) is 10.2 Å². The summed E-state index contributed by atoms with van der Waals surface area (Å²) in [5, 5.41) is 7.13. The molecule has 1 aliphatic carbocycles. The second kappa shape index (κ2) is 4.81. The molecule has 1 saturated heterocycles. The predicted octanol–water partition coefficient (Wildman–Crippen LogP) is 2.77. The Balaban J connectivity index is 1.61. The van der Waals surface area contributed by atoms with Gasteiger partial charge < -0.3 is 10.6 Å². The van der Waals surface area contributed by atoms with Crippen LogP contribution < -0.4 is 10.6 Å². The van der Waals surface area contributed by atoms with Crippen LogP contribution >= 0.6 is 11.3 Å². The largest absolute Gasteiger partial charge is 0.317 e. The van der Waals surface area contributed by atoms with Crippen LogP contribution in [0.4, 0.5) is 5.13 Å². The number of nitrogens with zero attached hydrogens (tertiary/aromatic N) is 1. The normalized spacial score (nSPS) is 24.6. The molecular weight excluding hydrogens is 270 g/mol. The Morgan fingerprint density at radius 2 is 2.15 bits per heavy atom. The van der Waals surface area contributed by atoms with Crippen molar-refractivity contribution in [1.29, 1.82) is 0 Å². The highest BCUT2D eigenvalue weighted by Gasteiger charge is 2.57. The third-order valence-corrected chi connectivity index (χ3v) is 5.92. The lowest BCUT2D eigenvalue weighted by atomic mass is 9.92. The summed E-state index contributed by atoms with van der Waals surface area (Å²) >= 11 is 1.59. The van der Waals surface area contributed by atoms with Crippen molar-refractivity contribution >= 4 is 22.4 Å². The maximum absolute atomic E-state index is 12.3. The second-order valence-corrected chi connectivity index (χ2v) is 8.17. The highest BCUT2D eigenvalue weighted by atomic mass is 32.1. The third-order valence-electron chi connectivity index (χ3n) is 4.58. The Kier molecular flexibility index (Phi) is 3.37. The summed E-state index contributed by atoms with van der Waals surface area (Å²) in [6.07, 6.45) is 5.21. The van der Waals surface area contributed by atoms with Crippen LogP contribution in [0.5, 0.6) is 0 Å². The number of carbonyl (C=O) groups is 1. The third kappa shape index (κ3) is 2.61. The fourth-order valence-corrected chi connectivity index (χ4v) is 3.94. The lowest BCUT2D eigenvalue weighted by molar-refractivity contribution is -0.118. The molecule has 3 rings (SSSR count). The van der Waals surface area contributed by atoms with Crippen molar-refractivity contribution in [3.63, 3.8) is 0 Å². The molecule has 2 heterocycles. The Hall–Kier alpha value is -0.940. The molecule has 0 radical (unpaired) electrons. The molecule has 1 unspecified atom stereocenters. The van der Waals surface area contributed by atoms with Crippen LogP contribution in [0.25, 0.3) is 0 Å². The first-order valence-electron chi connectivity index (χ1n) is 7.39. The van der Waals surface area contributed by atoms with Gasteiger partial charge >= 0.3 is 0 Å². The Labute approximate surface area is 124 Å². The minimum absolute atomic E-state index is 0.0937. The SMILES string of the molecule is CC(C)(C)c1cnc(NC(=O)C2CC23CCNCC3)s1. The van der Waals surface area contributed by atoms with Gasteiger partial charge in [-0.3, -0.25) is 4.79 Å². The van der Waals surface area contributed by atoms with Gasteiger partial charge in [0.1, 0.15) is 0 Å². The molecule has 2 N–H and O–H groups in total. The first kappa shape index (κ1) is 14.0. The highest BCUT2D eigenvalue weighted by Crippen LogP contribution is 2.58. The number of hydrogen-bond acceptors (Lipinski definition) is 4. The van der Waals surface area contributed by atoms with E-state index in [9.17, 15) is 4.79 Å². The van der Waals surface area contributed by atoms with E-state index in [1.807, 2.05) is 6.20 Å². The van der Waals surface area contributed by atoms with E-state index >= 15 is 0 Å². The summed E-state index contributed by atoms with van der Waals surface area (Å²) in [7, 11) is 0. The average Bonchev–Trinajstić information content (AvgIpc) is 2.85. The number of hydrogen-bond donors (Lipinski definition) is 2. The van der Waals surface area contributed by atoms with E-state index < -0.39 is 0 Å². The lowest BCUT2D eigenvalue weighted by Crippen LogP contribution is -2.31. The number of rotatable bonds is 2. The van der Waals surface area contributed by atoms with E-state index in [2.05, 4.69) is 36.4 Å². The van der Waals surface area contributed by atoms with Crippen LogP contribution in [0.2, 0.25) is 0 Å². The van der Waals surface area contributed by atoms with Gasteiger partial charge in [0.2, 0.25) is 5.91 Å². The smallest absolute Gasteiger partial charge is 0.229 e. The topological polar surface area (TPSA) is 54.0 Å². The van der Waals surface area contributed by atoms with Crippen molar-refractivity contribution in [1.82, 2.24) is 10.3 Å². The van der Waals surface area contributed by atoms with Gasteiger partial charge in [-0.25, -0.2) is 4.98 Å². The van der Waals surface area contributed by atoms with E-state index in [0.29, 0.717) is 5.41 Å². The zero-order chi connectivity index (χ0) is 14.4. The summed E-state index contributed by atoms with van der Waals surface area (Å²) in [5.74, 6) is 0.369. The standard InChI is InChI=1S/C15H23N3OS/c1-14(2,3)11-9-17-13(20-11)18-12(19)10-8-15(10)4-6-16-7-5-15/h9-10,16H,4-8H2,1-3H3,(H,17,18,19). The van der Waals surface area contributed by atoms with Gasteiger partial charge in [0.25, 0.3) is 0 Å². The molecule has 0 aromatic carbocycles. The first-order chi connectivity index (χ1) is 9.41. The average molecular weight is 293 g/mol. The monoisotopic (exact) mass is 293 g/mol. The van der Waals surface area contributed by atoms with E-state index in [1.54, 1.807) is 11.3 Å². The van der Waals surface area contributed by atoms with Gasteiger partial charge in [-0.05, 0) is 43.2 Å². The number of piperidine rings is 1. The van der Waals surface area contributed by atoms with E-state index in [4.69, 9.17) is 0 Å². The molecule has 0 bridgehead atoms. The molecule has 2 aliphatic rings. The van der Waals surface area contributed by atoms with Gasteiger partial charge in [-0.2, -0.15) is 0 Å². The molecule has 5 heteroatoms. The number of anilines is 1. The zero-order valence-electron chi connectivity index (χ0n) is 12.5. The van der Waals surface area contributed by atoms with E-state index in [1.165, 1.54) is 4.88 Å². The van der Waals surface area contributed by atoms with Gasteiger partial charge in [-0.1, -0.05) is 20.8 Å². The summed E-state index contributed by atoms with van der Waals surface area (Å²) in [6, 6.07) is 0. The van der Waals surface area contributed by atoms with Crippen molar-refractivity contribution in [3.8, 4) is 0 Å². The van der Waals surface area contributed by atoms with E-state index in [0.717, 1.165) is 37.5 Å². The molecule has 1 spiro atoms. The van der Waals surface area contributed by atoms with Crippen molar-refractivity contribution in [2.45, 2.75) is 45.4 Å². The molecule has 1 aliphatic heterocycles. The van der Waals surface area contributed by atoms with Crippen LogP contribution in [0.15, 0.2) is 6.20 Å². The number of amides is 1. The Morgan fingerprint density at radius 1 is 1.45 bits per heavy atom. The van der Waals surface area contributed by atoms with Gasteiger partial charge in [0.05, 0.1) is 0 Å². The van der Waals surface area contributed by atoms with Gasteiger partial charge in [0, 0.05) is 17.0 Å². The second-order valence-electron chi connectivity index (χ2n) is 7.14. The zero-order valence-corrected chi connectivity index (χ0v) is 13.3. The van der Waals surface area contributed by atoms with Crippen LogP contribution in [0.1, 0.15) is 44.9 Å². The molecule has 1 atom stereocenters. The quantitative estimate of drug-likeness (QED) is 0.881. The molecule has 1 amide bonds. The first-order valence-corrected chi connectivity index (χ1v) is 8.20. The van der Waals surface area contributed by atoms with Crippen LogP contribution in [0, 0.1) is 11.3 Å². The fraction of sp³-hybridized carbons (Fsp3) is 0.733. The van der Waals surface area contributed by atoms with Gasteiger partial charge in [0.15, 0.2) is 5.13 Å². The maximum Gasteiger partial charge on any atom is 0.229 e. The summed E-state index contributed by atoms with van der Waals surface area (Å²) in [6.45, 7) is 8.59. The predicted molar refractivity (Wildman–Crippen MR) is 82.1 cm³/mol. The molecule has 2 fully saturated rings. The van der Waals surface area contributed by atoms with Crippen molar-refractivity contribution < 1.29 is 4.79 Å². The van der Waals surface area contributed by atoms with Crippen molar-refractivity contribution in [2.75, 3.05) is 18.4 Å². The Bertz CT molecular complexity index is 511. The number of aromatic nitrogens is 1. The minimum atomic E-state index is 0.0937. The van der Waals surface area contributed by atoms with Crippen molar-refractivity contribution in [2.24, 2.45) is 11.3 Å². The lowest BCUT2D eigenvalue weighted by Gasteiger charge is -2.23. The number of thiazole rings is 1. The summed E-state index contributed by atoms with van der Waals surface area (Å²) in [4.78, 5) is 17.9. The molecule has 110 valence electrons. The minimum Gasteiger partial charge on any atom is -0.317 e. The molecule has 1 aromatic rings. The summed E-state index contributed by atoms with van der Waals surface area (Å²) in [5.41, 5.74) is 0.385. The molecule has 1 saturated carbocycles. The van der Waals surface area contributed by atoms with Gasteiger partial charge in [-0.15, -0.1) is 11.3 Å². The van der Waals surface area contributed by atoms with Crippen molar-refractivity contribution in [3.05, 3.63) is 11.1 Å². The molecule has 1 aromatic heterocycles. The number of carbonyl (C=O) groups excluding carboxylic acids is 1. The van der Waals surface area contributed by atoms with Crippen LogP contribution in [-0.4, -0.2) is 24.0 Å². The molecule has 20 heavy (non-hydrogen) atoms. The Morgan fingerprint density at radius 3 is 2.75 bits per heavy atom. The number of nitrogens with one attached hydrogen (secondary N) is 2. The maximum atomic E-state index is 12.3. The highest BCUT2D eigenvalue weighted by molar-refractivity contribution is 7.15. The molecule has 4 nitrogen and oxygen atoms in total. The van der Waals surface area contributed by atoms with Crippen LogP contribution in [0.3, 0.4) is 0 Å². The van der Waals surface area contributed by atoms with E-state index in [-0.39, 0.29) is 17.2 Å².